The predicted molar refractivity (Wildman–Crippen MR) is 78.6 cm³/mol. The molecular formula is C15H18N2O4. The molecule has 2 rings (SSSR count). The van der Waals surface area contributed by atoms with Crippen LogP contribution in [0, 0.1) is 0 Å². The number of rotatable bonds is 5. The number of methoxy groups -OCH3 is 2. The zero-order valence-electron chi connectivity index (χ0n) is 12.1. The molecule has 0 radical (unpaired) electrons. The van der Waals surface area contributed by atoms with E-state index in [9.17, 15) is 9.59 Å². The van der Waals surface area contributed by atoms with Gasteiger partial charge in [-0.3, -0.25) is 9.59 Å². The minimum absolute atomic E-state index is 0.152. The van der Waals surface area contributed by atoms with E-state index in [1.54, 1.807) is 37.3 Å². The van der Waals surface area contributed by atoms with Crippen molar-refractivity contribution in [1.82, 2.24) is 5.32 Å². The molecule has 0 bridgehead atoms. The first-order chi connectivity index (χ1) is 10.1. The lowest BCUT2D eigenvalue weighted by Crippen LogP contribution is -2.40. The molecule has 1 fully saturated rings. The van der Waals surface area contributed by atoms with E-state index in [4.69, 9.17) is 9.47 Å². The first-order valence-corrected chi connectivity index (χ1v) is 6.56. The van der Waals surface area contributed by atoms with Crippen LogP contribution in [0.4, 0.5) is 5.69 Å². The van der Waals surface area contributed by atoms with E-state index in [1.165, 1.54) is 0 Å². The molecule has 6 heteroatoms. The Morgan fingerprint density at radius 2 is 1.95 bits per heavy atom. The van der Waals surface area contributed by atoms with Crippen LogP contribution >= 0.6 is 0 Å². The second kappa shape index (κ2) is 6.30. The maximum atomic E-state index is 12.4. The Kier molecular flexibility index (Phi) is 4.47. The van der Waals surface area contributed by atoms with E-state index in [2.05, 4.69) is 11.9 Å². The van der Waals surface area contributed by atoms with Gasteiger partial charge in [-0.25, -0.2) is 0 Å². The van der Waals surface area contributed by atoms with Gasteiger partial charge in [0.2, 0.25) is 11.8 Å². The number of hydrogen-bond acceptors (Lipinski definition) is 4. The van der Waals surface area contributed by atoms with E-state index in [-0.39, 0.29) is 11.8 Å². The molecule has 1 unspecified atom stereocenters. The summed E-state index contributed by atoms with van der Waals surface area (Å²) in [6, 6.07) is 4.74. The Bertz CT molecular complexity index is 549. The summed E-state index contributed by atoms with van der Waals surface area (Å²) >= 11 is 0. The van der Waals surface area contributed by atoms with Gasteiger partial charge in [0.25, 0.3) is 0 Å². The molecule has 6 nitrogen and oxygen atoms in total. The van der Waals surface area contributed by atoms with E-state index in [0.717, 1.165) is 6.08 Å². The van der Waals surface area contributed by atoms with Crippen molar-refractivity contribution < 1.29 is 19.1 Å². The molecule has 0 saturated carbocycles. The van der Waals surface area contributed by atoms with Gasteiger partial charge in [-0.15, -0.1) is 0 Å². The topological polar surface area (TPSA) is 67.9 Å². The van der Waals surface area contributed by atoms with Crippen LogP contribution in [0.15, 0.2) is 30.9 Å². The molecule has 1 aliphatic heterocycles. The third-order valence-corrected chi connectivity index (χ3v) is 3.36. The van der Waals surface area contributed by atoms with Crippen molar-refractivity contribution in [2.75, 3.05) is 25.7 Å². The van der Waals surface area contributed by atoms with Crippen LogP contribution in [0.5, 0.6) is 11.5 Å². The standard InChI is InChI=1S/C15H18N2O4/c1-4-14(18)16-13-5-6-17(15(13)19)10-7-11(20-2)9-12(8-10)21-3/h4,7-9,13H,1,5-6H2,2-3H3,(H,16,18). The number of amides is 2. The number of benzene rings is 1. The Labute approximate surface area is 123 Å². The van der Waals surface area contributed by atoms with Crippen molar-refractivity contribution in [3.05, 3.63) is 30.9 Å². The Balaban J connectivity index is 2.21. The normalized spacial score (nSPS) is 17.5. The van der Waals surface area contributed by atoms with Crippen molar-refractivity contribution in [3.8, 4) is 11.5 Å². The van der Waals surface area contributed by atoms with E-state index in [0.29, 0.717) is 30.2 Å². The summed E-state index contributed by atoms with van der Waals surface area (Å²) in [6.45, 7) is 3.91. The summed E-state index contributed by atoms with van der Waals surface area (Å²) in [5.74, 6) is 0.713. The highest BCUT2D eigenvalue weighted by Crippen LogP contribution is 2.30. The summed E-state index contributed by atoms with van der Waals surface area (Å²) in [5.41, 5.74) is 0.687. The van der Waals surface area contributed by atoms with Crippen LogP contribution in [0.2, 0.25) is 0 Å². The summed E-state index contributed by atoms with van der Waals surface area (Å²) in [7, 11) is 3.11. The number of carbonyl (C=O) groups excluding carboxylic acids is 2. The van der Waals surface area contributed by atoms with Crippen LogP contribution in [-0.4, -0.2) is 38.6 Å². The second-order valence-electron chi connectivity index (χ2n) is 4.61. The molecule has 1 atom stereocenters. The summed E-state index contributed by atoms with van der Waals surface area (Å²) in [6.07, 6.45) is 1.71. The van der Waals surface area contributed by atoms with Gasteiger partial charge in [-0.1, -0.05) is 6.58 Å². The van der Waals surface area contributed by atoms with E-state index >= 15 is 0 Å². The molecule has 21 heavy (non-hydrogen) atoms. The molecule has 0 spiro atoms. The maximum Gasteiger partial charge on any atom is 0.249 e. The Morgan fingerprint density at radius 3 is 2.48 bits per heavy atom. The summed E-state index contributed by atoms with van der Waals surface area (Å²) in [5, 5.41) is 2.62. The fourth-order valence-corrected chi connectivity index (χ4v) is 2.25. The van der Waals surface area contributed by atoms with Crippen LogP contribution in [-0.2, 0) is 9.59 Å². The van der Waals surface area contributed by atoms with Crippen LogP contribution in [0.25, 0.3) is 0 Å². The van der Waals surface area contributed by atoms with Crippen molar-refractivity contribution in [2.45, 2.75) is 12.5 Å². The maximum absolute atomic E-state index is 12.4. The highest BCUT2D eigenvalue weighted by molar-refractivity contribution is 6.02. The quantitative estimate of drug-likeness (QED) is 0.825. The molecule has 2 amide bonds. The molecule has 0 aromatic heterocycles. The van der Waals surface area contributed by atoms with Crippen molar-refractivity contribution in [3.63, 3.8) is 0 Å². The zero-order chi connectivity index (χ0) is 15.4. The average molecular weight is 290 g/mol. The highest BCUT2D eigenvalue weighted by Gasteiger charge is 2.33. The largest absolute Gasteiger partial charge is 0.497 e. The molecule has 1 aromatic carbocycles. The SMILES string of the molecule is C=CC(=O)NC1CCN(c2cc(OC)cc(OC)c2)C1=O. The van der Waals surface area contributed by atoms with Gasteiger partial charge >= 0.3 is 0 Å². The van der Waals surface area contributed by atoms with Gasteiger partial charge in [0.1, 0.15) is 17.5 Å². The second-order valence-corrected chi connectivity index (χ2v) is 4.61. The molecule has 0 aliphatic carbocycles. The molecule has 1 N–H and O–H groups in total. The van der Waals surface area contributed by atoms with Crippen molar-refractivity contribution in [1.29, 1.82) is 0 Å². The summed E-state index contributed by atoms with van der Waals surface area (Å²) < 4.78 is 10.4. The molecule has 1 saturated heterocycles. The zero-order valence-corrected chi connectivity index (χ0v) is 12.1. The lowest BCUT2D eigenvalue weighted by molar-refractivity contribution is -0.123. The molecule has 112 valence electrons. The minimum Gasteiger partial charge on any atom is -0.497 e. The number of nitrogens with zero attached hydrogens (tertiary/aromatic N) is 1. The lowest BCUT2D eigenvalue weighted by Gasteiger charge is -2.18. The fourth-order valence-electron chi connectivity index (χ4n) is 2.25. The molecule has 1 heterocycles. The Hall–Kier alpha value is -2.50. The van der Waals surface area contributed by atoms with Crippen LogP contribution < -0.4 is 19.7 Å². The van der Waals surface area contributed by atoms with Crippen molar-refractivity contribution in [2.24, 2.45) is 0 Å². The molecular weight excluding hydrogens is 272 g/mol. The van der Waals surface area contributed by atoms with Gasteiger partial charge in [-0.05, 0) is 12.5 Å². The van der Waals surface area contributed by atoms with Crippen LogP contribution in [0.3, 0.4) is 0 Å². The number of hydrogen-bond donors (Lipinski definition) is 1. The summed E-state index contributed by atoms with van der Waals surface area (Å²) in [4.78, 5) is 25.3. The molecule has 1 aliphatic rings. The van der Waals surface area contributed by atoms with E-state index < -0.39 is 6.04 Å². The Morgan fingerprint density at radius 1 is 1.33 bits per heavy atom. The lowest BCUT2D eigenvalue weighted by atomic mass is 10.2. The van der Waals surface area contributed by atoms with Gasteiger partial charge in [-0.2, -0.15) is 0 Å². The third-order valence-electron chi connectivity index (χ3n) is 3.36. The first kappa shape index (κ1) is 14.9. The highest BCUT2D eigenvalue weighted by atomic mass is 16.5. The number of nitrogens with one attached hydrogen (secondary N) is 1. The molecule has 1 aromatic rings. The number of anilines is 1. The van der Waals surface area contributed by atoms with Gasteiger partial charge < -0.3 is 19.7 Å². The van der Waals surface area contributed by atoms with Gasteiger partial charge in [0.15, 0.2) is 0 Å². The number of ether oxygens (including phenoxy) is 2. The third kappa shape index (κ3) is 3.16. The fraction of sp³-hybridized carbons (Fsp3) is 0.333. The first-order valence-electron chi connectivity index (χ1n) is 6.56. The predicted octanol–water partition coefficient (Wildman–Crippen LogP) is 1.11. The van der Waals surface area contributed by atoms with Gasteiger partial charge in [0, 0.05) is 24.7 Å². The average Bonchev–Trinajstić information content (AvgIpc) is 2.87. The smallest absolute Gasteiger partial charge is 0.249 e. The number of carbonyl (C=O) groups is 2. The monoisotopic (exact) mass is 290 g/mol. The van der Waals surface area contributed by atoms with Crippen LogP contribution in [0.1, 0.15) is 6.42 Å². The van der Waals surface area contributed by atoms with E-state index in [1.807, 2.05) is 0 Å². The van der Waals surface area contributed by atoms with Gasteiger partial charge in [0.05, 0.1) is 19.9 Å². The minimum atomic E-state index is -0.521. The van der Waals surface area contributed by atoms with Crippen molar-refractivity contribution >= 4 is 17.5 Å².